The van der Waals surface area contributed by atoms with E-state index in [1.165, 1.54) is 5.56 Å². The van der Waals surface area contributed by atoms with Gasteiger partial charge in [0.15, 0.2) is 5.82 Å². The number of rotatable bonds is 2. The first-order valence-corrected chi connectivity index (χ1v) is 4.88. The van der Waals surface area contributed by atoms with Gasteiger partial charge in [0.25, 0.3) is 0 Å². The Balaban J connectivity index is 2.28. The largest absolute Gasteiger partial charge is 0.318 e. The molecule has 0 aliphatic rings. The van der Waals surface area contributed by atoms with Crippen LogP contribution in [0.15, 0.2) is 24.3 Å². The molecule has 0 spiro atoms. The Hall–Kier alpha value is -1.68. The van der Waals surface area contributed by atoms with Crippen LogP contribution in [0.2, 0.25) is 0 Å². The Morgan fingerprint density at radius 1 is 1.20 bits per heavy atom. The lowest BCUT2D eigenvalue weighted by molar-refractivity contribution is 0.787. The molecule has 1 aromatic heterocycles. The van der Waals surface area contributed by atoms with Gasteiger partial charge in [0.1, 0.15) is 5.82 Å². The minimum absolute atomic E-state index is 0.254. The number of nitrogens with zero attached hydrogens (tertiary/aromatic N) is 2. The van der Waals surface area contributed by atoms with Crippen LogP contribution in [0.3, 0.4) is 0 Å². The zero-order chi connectivity index (χ0) is 10.8. The smallest absolute Gasteiger partial charge is 0.171 e. The van der Waals surface area contributed by atoms with Gasteiger partial charge in [0, 0.05) is 0 Å². The molecule has 1 atom stereocenters. The molecule has 2 rings (SSSR count). The summed E-state index contributed by atoms with van der Waals surface area (Å²) in [6, 6.07) is 7.83. The van der Waals surface area contributed by atoms with Crippen LogP contribution in [0, 0.1) is 13.8 Å². The second-order valence-corrected chi connectivity index (χ2v) is 3.67. The van der Waals surface area contributed by atoms with Crippen LogP contribution >= 0.6 is 0 Å². The molecule has 0 bridgehead atoms. The molecule has 1 aromatic carbocycles. The molecule has 4 heteroatoms. The van der Waals surface area contributed by atoms with Gasteiger partial charge in [-0.3, -0.25) is 5.10 Å². The van der Waals surface area contributed by atoms with Crippen molar-refractivity contribution in [3.8, 4) is 0 Å². The Bertz CT molecular complexity index is 444. The van der Waals surface area contributed by atoms with E-state index in [0.29, 0.717) is 5.82 Å². The highest BCUT2D eigenvalue weighted by atomic mass is 15.2. The number of nitrogens with two attached hydrogens (primary N) is 1. The summed E-state index contributed by atoms with van der Waals surface area (Å²) >= 11 is 0. The first kappa shape index (κ1) is 9.86. The van der Waals surface area contributed by atoms with Gasteiger partial charge in [-0.1, -0.05) is 29.8 Å². The van der Waals surface area contributed by atoms with Gasteiger partial charge < -0.3 is 5.73 Å². The molecule has 0 fully saturated rings. The van der Waals surface area contributed by atoms with Crippen LogP contribution in [0.1, 0.15) is 28.8 Å². The maximum Gasteiger partial charge on any atom is 0.171 e. The van der Waals surface area contributed by atoms with Crippen LogP contribution in [-0.4, -0.2) is 15.2 Å². The lowest BCUT2D eigenvalue weighted by Crippen LogP contribution is -2.13. The zero-order valence-electron chi connectivity index (χ0n) is 8.86. The van der Waals surface area contributed by atoms with Crippen molar-refractivity contribution in [2.24, 2.45) is 5.73 Å². The molecule has 15 heavy (non-hydrogen) atoms. The number of nitrogens with one attached hydrogen (secondary N) is 1. The maximum atomic E-state index is 6.03. The van der Waals surface area contributed by atoms with Crippen molar-refractivity contribution in [1.29, 1.82) is 0 Å². The number of aryl methyl sites for hydroxylation is 2. The van der Waals surface area contributed by atoms with Crippen LogP contribution < -0.4 is 5.73 Å². The van der Waals surface area contributed by atoms with Gasteiger partial charge in [0.2, 0.25) is 0 Å². The Labute approximate surface area is 88.5 Å². The molecule has 2 aromatic rings. The van der Waals surface area contributed by atoms with Crippen molar-refractivity contribution < 1.29 is 0 Å². The Morgan fingerprint density at radius 2 is 1.87 bits per heavy atom. The molecule has 0 aliphatic carbocycles. The summed E-state index contributed by atoms with van der Waals surface area (Å²) in [7, 11) is 0. The number of H-pyrrole nitrogens is 1. The summed E-state index contributed by atoms with van der Waals surface area (Å²) in [6.45, 7) is 3.91. The van der Waals surface area contributed by atoms with Crippen molar-refractivity contribution in [2.75, 3.05) is 0 Å². The fourth-order valence-corrected chi connectivity index (χ4v) is 1.42. The van der Waals surface area contributed by atoms with Crippen molar-refractivity contribution >= 4 is 0 Å². The quantitative estimate of drug-likeness (QED) is 0.774. The third kappa shape index (κ3) is 2.05. The second-order valence-electron chi connectivity index (χ2n) is 3.67. The lowest BCUT2D eigenvalue weighted by atomic mass is 10.1. The summed E-state index contributed by atoms with van der Waals surface area (Å²) < 4.78 is 0. The standard InChI is InChI=1S/C11H14N4/c1-7-3-5-9(6-4-7)10(12)11-13-8(2)14-15-11/h3-6,10H,12H2,1-2H3,(H,13,14,15). The molecule has 0 saturated heterocycles. The Morgan fingerprint density at radius 3 is 2.40 bits per heavy atom. The van der Waals surface area contributed by atoms with Gasteiger partial charge in [0.05, 0.1) is 6.04 Å². The topological polar surface area (TPSA) is 67.6 Å². The molecule has 0 amide bonds. The van der Waals surface area contributed by atoms with E-state index in [4.69, 9.17) is 5.73 Å². The molecule has 0 aliphatic heterocycles. The summed E-state index contributed by atoms with van der Waals surface area (Å²) in [5, 5.41) is 6.84. The first-order chi connectivity index (χ1) is 7.16. The zero-order valence-corrected chi connectivity index (χ0v) is 8.86. The van der Waals surface area contributed by atoms with E-state index >= 15 is 0 Å². The SMILES string of the molecule is Cc1ccc(C(N)c2n[nH]c(C)n2)cc1. The van der Waals surface area contributed by atoms with E-state index < -0.39 is 0 Å². The average Bonchev–Trinajstić information content (AvgIpc) is 2.65. The summed E-state index contributed by atoms with van der Waals surface area (Å²) in [6.07, 6.45) is 0. The average molecular weight is 202 g/mol. The van der Waals surface area contributed by atoms with Gasteiger partial charge in [-0.2, -0.15) is 5.10 Å². The van der Waals surface area contributed by atoms with Crippen LogP contribution in [0.5, 0.6) is 0 Å². The predicted octanol–water partition coefficient (Wildman–Crippen LogP) is 1.47. The molecule has 0 saturated carbocycles. The summed E-state index contributed by atoms with van der Waals surface area (Å²) in [4.78, 5) is 4.22. The molecule has 78 valence electrons. The molecule has 3 N–H and O–H groups in total. The number of aromatic nitrogens is 3. The first-order valence-electron chi connectivity index (χ1n) is 4.88. The number of hydrogen-bond donors (Lipinski definition) is 2. The van der Waals surface area contributed by atoms with Crippen molar-refractivity contribution in [2.45, 2.75) is 19.9 Å². The molecule has 1 unspecified atom stereocenters. The summed E-state index contributed by atoms with van der Waals surface area (Å²) in [5.74, 6) is 1.42. The lowest BCUT2D eigenvalue weighted by Gasteiger charge is -2.07. The fourth-order valence-electron chi connectivity index (χ4n) is 1.42. The molecular formula is C11H14N4. The van der Waals surface area contributed by atoms with E-state index in [-0.39, 0.29) is 6.04 Å². The predicted molar refractivity (Wildman–Crippen MR) is 58.3 cm³/mol. The van der Waals surface area contributed by atoms with Crippen molar-refractivity contribution in [3.63, 3.8) is 0 Å². The van der Waals surface area contributed by atoms with E-state index in [2.05, 4.69) is 15.2 Å². The maximum absolute atomic E-state index is 6.03. The van der Waals surface area contributed by atoms with Gasteiger partial charge in [-0.15, -0.1) is 0 Å². The number of aromatic amines is 1. The summed E-state index contributed by atoms with van der Waals surface area (Å²) in [5.41, 5.74) is 8.28. The highest BCUT2D eigenvalue weighted by Gasteiger charge is 2.12. The van der Waals surface area contributed by atoms with E-state index in [0.717, 1.165) is 11.4 Å². The van der Waals surface area contributed by atoms with E-state index in [9.17, 15) is 0 Å². The molecule has 1 heterocycles. The third-order valence-corrected chi connectivity index (χ3v) is 2.33. The third-order valence-electron chi connectivity index (χ3n) is 2.33. The minimum atomic E-state index is -0.254. The minimum Gasteiger partial charge on any atom is -0.318 e. The highest BCUT2D eigenvalue weighted by Crippen LogP contribution is 2.16. The Kier molecular flexibility index (Phi) is 2.51. The molecular weight excluding hydrogens is 188 g/mol. The molecule has 0 radical (unpaired) electrons. The van der Waals surface area contributed by atoms with E-state index in [1.54, 1.807) is 0 Å². The fraction of sp³-hybridized carbons (Fsp3) is 0.273. The van der Waals surface area contributed by atoms with Crippen molar-refractivity contribution in [1.82, 2.24) is 15.2 Å². The van der Waals surface area contributed by atoms with Crippen LogP contribution in [0.4, 0.5) is 0 Å². The van der Waals surface area contributed by atoms with Crippen LogP contribution in [-0.2, 0) is 0 Å². The monoisotopic (exact) mass is 202 g/mol. The van der Waals surface area contributed by atoms with Gasteiger partial charge in [-0.25, -0.2) is 4.98 Å². The van der Waals surface area contributed by atoms with Gasteiger partial charge >= 0.3 is 0 Å². The normalized spacial score (nSPS) is 12.7. The van der Waals surface area contributed by atoms with E-state index in [1.807, 2.05) is 38.1 Å². The number of benzene rings is 1. The number of hydrogen-bond acceptors (Lipinski definition) is 3. The van der Waals surface area contributed by atoms with Gasteiger partial charge in [-0.05, 0) is 19.4 Å². The molecule has 4 nitrogen and oxygen atoms in total. The van der Waals surface area contributed by atoms with Crippen LogP contribution in [0.25, 0.3) is 0 Å². The highest BCUT2D eigenvalue weighted by molar-refractivity contribution is 5.27. The van der Waals surface area contributed by atoms with Crippen molar-refractivity contribution in [3.05, 3.63) is 47.0 Å². The second kappa shape index (κ2) is 3.82.